The van der Waals surface area contributed by atoms with Gasteiger partial charge in [0.2, 0.25) is 5.91 Å². The van der Waals surface area contributed by atoms with Gasteiger partial charge in [-0.15, -0.1) is 24.2 Å². The molecule has 3 rings (SSSR count). The van der Waals surface area contributed by atoms with Crippen LogP contribution in [0, 0.1) is 0 Å². The second kappa shape index (κ2) is 9.11. The van der Waals surface area contributed by atoms with Gasteiger partial charge >= 0.3 is 0 Å². The zero-order valence-corrected chi connectivity index (χ0v) is 15.1. The van der Waals surface area contributed by atoms with Gasteiger partial charge in [-0.25, -0.2) is 0 Å². The maximum absolute atomic E-state index is 13.1. The van der Waals surface area contributed by atoms with Crippen LogP contribution >= 0.6 is 24.2 Å². The monoisotopic (exact) mass is 362 g/mol. The summed E-state index contributed by atoms with van der Waals surface area (Å²) in [5.74, 6) is 0.167. The Balaban J connectivity index is 0.00000208. The van der Waals surface area contributed by atoms with Gasteiger partial charge in [0.15, 0.2) is 0 Å². The van der Waals surface area contributed by atoms with E-state index in [1.807, 2.05) is 53.4 Å². The fraction of sp³-hybridized carbons (Fsp3) is 0.316. The number of piperidine rings is 1. The predicted octanol–water partition coefficient (Wildman–Crippen LogP) is 3.89. The van der Waals surface area contributed by atoms with Crippen LogP contribution in [0.15, 0.2) is 65.6 Å². The van der Waals surface area contributed by atoms with Crippen LogP contribution < -0.4 is 5.73 Å². The van der Waals surface area contributed by atoms with Crippen LogP contribution in [0.5, 0.6) is 0 Å². The van der Waals surface area contributed by atoms with Crippen molar-refractivity contribution in [2.75, 3.05) is 13.1 Å². The first-order valence-electron chi connectivity index (χ1n) is 8.05. The van der Waals surface area contributed by atoms with Gasteiger partial charge in [0.05, 0.1) is 0 Å². The number of nitrogens with zero attached hydrogens (tertiary/aromatic N) is 1. The van der Waals surface area contributed by atoms with E-state index in [-0.39, 0.29) is 29.6 Å². The van der Waals surface area contributed by atoms with Crippen molar-refractivity contribution in [1.29, 1.82) is 0 Å². The minimum atomic E-state index is -0.219. The van der Waals surface area contributed by atoms with Gasteiger partial charge in [-0.05, 0) is 30.5 Å². The maximum Gasteiger partial charge on any atom is 0.240 e. The Bertz CT molecular complexity index is 638. The molecular formula is C19H23ClN2OS. The molecule has 128 valence electrons. The molecule has 0 aliphatic carbocycles. The van der Waals surface area contributed by atoms with E-state index in [9.17, 15) is 4.79 Å². The average molecular weight is 363 g/mol. The summed E-state index contributed by atoms with van der Waals surface area (Å²) in [5.41, 5.74) is 7.10. The molecule has 24 heavy (non-hydrogen) atoms. The highest BCUT2D eigenvalue weighted by atomic mass is 35.5. The first-order chi connectivity index (χ1) is 11.2. The van der Waals surface area contributed by atoms with Crippen molar-refractivity contribution in [3.05, 3.63) is 66.2 Å². The number of amides is 1. The SMILES string of the molecule is Cl.NC1CCCN(C(=O)C(Sc2ccccc2)c2ccccc2)C1. The fourth-order valence-electron chi connectivity index (χ4n) is 2.90. The average Bonchev–Trinajstić information content (AvgIpc) is 2.61. The minimum Gasteiger partial charge on any atom is -0.340 e. The molecular weight excluding hydrogens is 340 g/mol. The molecule has 0 aromatic heterocycles. The first kappa shape index (κ1) is 18.8. The smallest absolute Gasteiger partial charge is 0.240 e. The van der Waals surface area contributed by atoms with Gasteiger partial charge in [-0.3, -0.25) is 4.79 Å². The Morgan fingerprint density at radius 1 is 1.08 bits per heavy atom. The molecule has 0 saturated carbocycles. The Labute approximate surface area is 154 Å². The van der Waals surface area contributed by atoms with Gasteiger partial charge in [0.25, 0.3) is 0 Å². The molecule has 2 N–H and O–H groups in total. The van der Waals surface area contributed by atoms with Crippen molar-refractivity contribution in [2.24, 2.45) is 5.73 Å². The number of hydrogen-bond donors (Lipinski definition) is 1. The highest BCUT2D eigenvalue weighted by Crippen LogP contribution is 2.37. The molecule has 0 bridgehead atoms. The van der Waals surface area contributed by atoms with E-state index in [4.69, 9.17) is 5.73 Å². The zero-order valence-electron chi connectivity index (χ0n) is 13.5. The molecule has 2 atom stereocenters. The summed E-state index contributed by atoms with van der Waals surface area (Å²) >= 11 is 1.61. The number of halogens is 1. The van der Waals surface area contributed by atoms with Gasteiger partial charge in [-0.2, -0.15) is 0 Å². The summed E-state index contributed by atoms with van der Waals surface area (Å²) in [6.07, 6.45) is 2.00. The van der Waals surface area contributed by atoms with E-state index in [0.717, 1.165) is 29.8 Å². The second-order valence-corrected chi connectivity index (χ2v) is 7.09. The summed E-state index contributed by atoms with van der Waals surface area (Å²) in [4.78, 5) is 16.1. The number of rotatable bonds is 4. The molecule has 1 aliphatic heterocycles. The van der Waals surface area contributed by atoms with Crippen LogP contribution in [0.4, 0.5) is 0 Å². The minimum absolute atomic E-state index is 0. The maximum atomic E-state index is 13.1. The molecule has 0 spiro atoms. The van der Waals surface area contributed by atoms with Crippen molar-refractivity contribution in [2.45, 2.75) is 29.0 Å². The normalized spacial score (nSPS) is 18.5. The Morgan fingerprint density at radius 2 is 1.71 bits per heavy atom. The third-order valence-electron chi connectivity index (χ3n) is 4.09. The van der Waals surface area contributed by atoms with Crippen LogP contribution in [-0.2, 0) is 4.79 Å². The number of nitrogens with two attached hydrogens (primary N) is 1. The molecule has 2 unspecified atom stereocenters. The Morgan fingerprint density at radius 3 is 2.33 bits per heavy atom. The highest BCUT2D eigenvalue weighted by Gasteiger charge is 2.29. The summed E-state index contributed by atoms with van der Waals surface area (Å²) in [7, 11) is 0. The lowest BCUT2D eigenvalue weighted by Crippen LogP contribution is -2.47. The third kappa shape index (κ3) is 4.76. The molecule has 3 nitrogen and oxygen atoms in total. The summed E-state index contributed by atoms with van der Waals surface area (Å²) < 4.78 is 0. The molecule has 5 heteroatoms. The van der Waals surface area contributed by atoms with E-state index < -0.39 is 0 Å². The van der Waals surface area contributed by atoms with Crippen molar-refractivity contribution in [3.63, 3.8) is 0 Å². The van der Waals surface area contributed by atoms with Gasteiger partial charge in [-0.1, -0.05) is 48.5 Å². The first-order valence-corrected chi connectivity index (χ1v) is 8.93. The van der Waals surface area contributed by atoms with Crippen molar-refractivity contribution in [3.8, 4) is 0 Å². The van der Waals surface area contributed by atoms with Crippen LogP contribution in [0.3, 0.4) is 0 Å². The fourth-order valence-corrected chi connectivity index (χ4v) is 4.03. The van der Waals surface area contributed by atoms with E-state index in [2.05, 4.69) is 12.1 Å². The lowest BCUT2D eigenvalue weighted by atomic mass is 10.0. The molecule has 1 fully saturated rings. The van der Waals surface area contributed by atoms with Crippen molar-refractivity contribution >= 4 is 30.1 Å². The summed E-state index contributed by atoms with van der Waals surface area (Å²) in [6, 6.07) is 20.2. The van der Waals surface area contributed by atoms with Crippen LogP contribution in [0.2, 0.25) is 0 Å². The Kier molecular flexibility index (Phi) is 7.16. The number of thioether (sulfide) groups is 1. The number of benzene rings is 2. The van der Waals surface area contributed by atoms with E-state index in [1.165, 1.54) is 0 Å². The molecule has 1 saturated heterocycles. The van der Waals surface area contributed by atoms with Gasteiger partial charge < -0.3 is 10.6 Å². The molecule has 1 aliphatic rings. The highest BCUT2D eigenvalue weighted by molar-refractivity contribution is 8.00. The van der Waals surface area contributed by atoms with Crippen LogP contribution in [-0.4, -0.2) is 29.9 Å². The molecule has 2 aromatic rings. The van der Waals surface area contributed by atoms with Crippen LogP contribution in [0.25, 0.3) is 0 Å². The van der Waals surface area contributed by atoms with E-state index >= 15 is 0 Å². The topological polar surface area (TPSA) is 46.3 Å². The molecule has 1 amide bonds. The Hall–Kier alpha value is -1.49. The lowest BCUT2D eigenvalue weighted by Gasteiger charge is -2.33. The predicted molar refractivity (Wildman–Crippen MR) is 103 cm³/mol. The quantitative estimate of drug-likeness (QED) is 0.839. The lowest BCUT2D eigenvalue weighted by molar-refractivity contribution is -0.131. The van der Waals surface area contributed by atoms with Gasteiger partial charge in [0.1, 0.15) is 5.25 Å². The molecule has 2 aromatic carbocycles. The number of hydrogen-bond acceptors (Lipinski definition) is 3. The van der Waals surface area contributed by atoms with Crippen molar-refractivity contribution in [1.82, 2.24) is 4.90 Å². The number of carbonyl (C=O) groups is 1. The molecule has 1 heterocycles. The van der Waals surface area contributed by atoms with Crippen molar-refractivity contribution < 1.29 is 4.79 Å². The zero-order chi connectivity index (χ0) is 16.1. The van der Waals surface area contributed by atoms with E-state index in [0.29, 0.717) is 6.54 Å². The van der Waals surface area contributed by atoms with Gasteiger partial charge in [0, 0.05) is 24.0 Å². The largest absolute Gasteiger partial charge is 0.340 e. The number of likely N-dealkylation sites (tertiary alicyclic amines) is 1. The molecule has 0 radical (unpaired) electrons. The van der Waals surface area contributed by atoms with E-state index in [1.54, 1.807) is 11.8 Å². The summed E-state index contributed by atoms with van der Waals surface area (Å²) in [6.45, 7) is 1.47. The number of carbonyl (C=O) groups excluding carboxylic acids is 1. The summed E-state index contributed by atoms with van der Waals surface area (Å²) in [5, 5.41) is -0.219. The standard InChI is InChI=1S/C19H22N2OS.ClH/c20-16-10-7-13-21(14-16)19(22)18(15-8-3-1-4-9-15)23-17-11-5-2-6-12-17;/h1-6,8-9,11-12,16,18H,7,10,13-14,20H2;1H. The third-order valence-corrected chi connectivity index (χ3v) is 5.35. The van der Waals surface area contributed by atoms with Crippen LogP contribution in [0.1, 0.15) is 23.7 Å². The second-order valence-electron chi connectivity index (χ2n) is 5.91.